The molecule has 1 unspecified atom stereocenters. The van der Waals surface area contributed by atoms with E-state index in [1.807, 2.05) is 10.7 Å². The highest BCUT2D eigenvalue weighted by molar-refractivity contribution is 7.11. The van der Waals surface area contributed by atoms with Gasteiger partial charge in [-0.25, -0.2) is 9.67 Å². The molecule has 0 aromatic carbocycles. The average Bonchev–Trinajstić information content (AvgIpc) is 3.14. The molecule has 0 saturated carbocycles. The van der Waals surface area contributed by atoms with Crippen LogP contribution in [0, 0.1) is 12.8 Å². The molecule has 3 rings (SSSR count). The van der Waals surface area contributed by atoms with Crippen LogP contribution in [0.2, 0.25) is 0 Å². The minimum atomic E-state index is -0.0817. The maximum Gasteiger partial charge on any atom is 0.227 e. The highest BCUT2D eigenvalue weighted by atomic mass is 32.1. The molecule has 1 amide bonds. The van der Waals surface area contributed by atoms with Gasteiger partial charge < -0.3 is 10.0 Å². The van der Waals surface area contributed by atoms with Crippen molar-refractivity contribution in [3.63, 3.8) is 0 Å². The number of hydrogen-bond acceptors (Lipinski definition) is 5. The second-order valence-electron chi connectivity index (χ2n) is 5.59. The van der Waals surface area contributed by atoms with Crippen LogP contribution in [-0.4, -0.2) is 43.8 Å². The van der Waals surface area contributed by atoms with Crippen molar-refractivity contribution in [3.8, 4) is 0 Å². The lowest BCUT2D eigenvalue weighted by molar-refractivity contribution is -0.137. The van der Waals surface area contributed by atoms with Crippen LogP contribution in [0.3, 0.4) is 0 Å². The summed E-state index contributed by atoms with van der Waals surface area (Å²) in [5.41, 5.74) is 0. The molecule has 118 valence electrons. The van der Waals surface area contributed by atoms with Crippen molar-refractivity contribution in [2.24, 2.45) is 5.92 Å². The van der Waals surface area contributed by atoms with Crippen LogP contribution in [0.1, 0.15) is 22.0 Å². The lowest BCUT2D eigenvalue weighted by Crippen LogP contribution is -2.40. The zero-order valence-corrected chi connectivity index (χ0v) is 13.4. The van der Waals surface area contributed by atoms with E-state index in [9.17, 15) is 9.90 Å². The van der Waals surface area contributed by atoms with E-state index in [1.165, 1.54) is 4.88 Å². The maximum absolute atomic E-state index is 12.8. The smallest absolute Gasteiger partial charge is 0.227 e. The molecule has 2 aromatic rings. The van der Waals surface area contributed by atoms with Crippen molar-refractivity contribution in [3.05, 3.63) is 34.0 Å². The molecule has 1 aliphatic heterocycles. The Balaban J connectivity index is 1.70. The van der Waals surface area contributed by atoms with Crippen molar-refractivity contribution < 1.29 is 9.90 Å². The van der Waals surface area contributed by atoms with Crippen molar-refractivity contribution >= 4 is 17.2 Å². The summed E-state index contributed by atoms with van der Waals surface area (Å²) in [5, 5.41) is 13.4. The van der Waals surface area contributed by atoms with Crippen molar-refractivity contribution in [1.29, 1.82) is 0 Å². The molecular formula is C15H20N4O2S. The van der Waals surface area contributed by atoms with Crippen molar-refractivity contribution in [2.45, 2.75) is 32.9 Å². The molecule has 0 saturated heterocycles. The second kappa shape index (κ2) is 6.58. The fourth-order valence-electron chi connectivity index (χ4n) is 2.84. The standard InChI is InChI=1S/C15H20N4O2S/c1-11-2-4-13(22-11)9-18(6-7-20)15(21)12-3-5-14-16-10-17-19(14)8-12/h2,4,10,12,20H,3,5-9H2,1H3. The minimum Gasteiger partial charge on any atom is -0.395 e. The Morgan fingerprint density at radius 1 is 1.55 bits per heavy atom. The highest BCUT2D eigenvalue weighted by Crippen LogP contribution is 2.22. The summed E-state index contributed by atoms with van der Waals surface area (Å²) in [6.07, 6.45) is 3.12. The van der Waals surface area contributed by atoms with E-state index in [4.69, 9.17) is 0 Å². The number of fused-ring (bicyclic) bond motifs is 1. The number of carbonyl (C=O) groups excluding carboxylic acids is 1. The third-order valence-corrected chi connectivity index (χ3v) is 4.96. The Kier molecular flexibility index (Phi) is 4.54. The molecule has 6 nitrogen and oxygen atoms in total. The van der Waals surface area contributed by atoms with Gasteiger partial charge in [0, 0.05) is 22.7 Å². The van der Waals surface area contributed by atoms with Gasteiger partial charge in [0.1, 0.15) is 12.2 Å². The minimum absolute atomic E-state index is 0.0165. The first kappa shape index (κ1) is 15.2. The maximum atomic E-state index is 12.8. The van der Waals surface area contributed by atoms with Gasteiger partial charge in [-0.2, -0.15) is 5.10 Å². The summed E-state index contributed by atoms with van der Waals surface area (Å²) in [6, 6.07) is 4.11. The molecule has 3 heterocycles. The number of rotatable bonds is 5. The molecule has 0 spiro atoms. The number of hydrogen-bond donors (Lipinski definition) is 1. The van der Waals surface area contributed by atoms with Crippen LogP contribution in [0.4, 0.5) is 0 Å². The van der Waals surface area contributed by atoms with Crippen LogP contribution < -0.4 is 0 Å². The normalized spacial score (nSPS) is 17.3. The first-order valence-corrected chi connectivity index (χ1v) is 8.30. The van der Waals surface area contributed by atoms with Crippen LogP contribution in [0.25, 0.3) is 0 Å². The second-order valence-corrected chi connectivity index (χ2v) is 6.96. The lowest BCUT2D eigenvalue weighted by atomic mass is 9.98. The van der Waals surface area contributed by atoms with Gasteiger partial charge in [-0.3, -0.25) is 4.79 Å². The average molecular weight is 320 g/mol. The highest BCUT2D eigenvalue weighted by Gasteiger charge is 2.29. The predicted octanol–water partition coefficient (Wildman–Crippen LogP) is 1.23. The Morgan fingerprint density at radius 3 is 3.14 bits per heavy atom. The van der Waals surface area contributed by atoms with Gasteiger partial charge in [-0.05, 0) is 25.5 Å². The number of aliphatic hydroxyl groups excluding tert-OH is 1. The quantitative estimate of drug-likeness (QED) is 0.899. The molecule has 0 fully saturated rings. The summed E-state index contributed by atoms with van der Waals surface area (Å²) in [7, 11) is 0. The summed E-state index contributed by atoms with van der Waals surface area (Å²) >= 11 is 1.69. The number of nitrogens with zero attached hydrogens (tertiary/aromatic N) is 4. The van der Waals surface area contributed by atoms with Gasteiger partial charge in [0.25, 0.3) is 0 Å². The van der Waals surface area contributed by atoms with E-state index in [-0.39, 0.29) is 18.4 Å². The number of carbonyl (C=O) groups is 1. The molecule has 1 aliphatic rings. The third-order valence-electron chi connectivity index (χ3n) is 3.98. The molecule has 2 aromatic heterocycles. The van der Waals surface area contributed by atoms with E-state index in [0.29, 0.717) is 19.6 Å². The molecule has 1 N–H and O–H groups in total. The number of aromatic nitrogens is 3. The first-order valence-electron chi connectivity index (χ1n) is 7.49. The van der Waals surface area contributed by atoms with E-state index in [2.05, 4.69) is 23.1 Å². The molecule has 0 bridgehead atoms. The van der Waals surface area contributed by atoms with E-state index < -0.39 is 0 Å². The molecule has 7 heteroatoms. The van der Waals surface area contributed by atoms with Crippen LogP contribution in [-0.2, 0) is 24.3 Å². The van der Waals surface area contributed by atoms with Gasteiger partial charge in [0.15, 0.2) is 0 Å². The topological polar surface area (TPSA) is 71.2 Å². The van der Waals surface area contributed by atoms with Gasteiger partial charge in [0.05, 0.1) is 25.6 Å². The van der Waals surface area contributed by atoms with Crippen LogP contribution >= 0.6 is 11.3 Å². The number of aliphatic hydroxyl groups is 1. The third kappa shape index (κ3) is 3.20. The van der Waals surface area contributed by atoms with E-state index >= 15 is 0 Å². The lowest BCUT2D eigenvalue weighted by Gasteiger charge is -2.28. The zero-order valence-electron chi connectivity index (χ0n) is 12.6. The van der Waals surface area contributed by atoms with Gasteiger partial charge in [-0.15, -0.1) is 11.3 Å². The molecular weight excluding hydrogens is 300 g/mol. The van der Waals surface area contributed by atoms with Gasteiger partial charge >= 0.3 is 0 Å². The number of thiophene rings is 1. The van der Waals surface area contributed by atoms with Crippen molar-refractivity contribution in [1.82, 2.24) is 19.7 Å². The summed E-state index contributed by atoms with van der Waals surface area (Å²) in [4.78, 5) is 21.1. The summed E-state index contributed by atoms with van der Waals surface area (Å²) in [6.45, 7) is 3.56. The van der Waals surface area contributed by atoms with E-state index in [1.54, 1.807) is 22.6 Å². The molecule has 0 aliphatic carbocycles. The van der Waals surface area contributed by atoms with Crippen molar-refractivity contribution in [2.75, 3.05) is 13.2 Å². The zero-order chi connectivity index (χ0) is 15.5. The molecule has 1 atom stereocenters. The first-order chi connectivity index (χ1) is 10.7. The SMILES string of the molecule is Cc1ccc(CN(CCO)C(=O)C2CCc3ncnn3C2)s1. The predicted molar refractivity (Wildman–Crippen MR) is 83.4 cm³/mol. The molecule has 22 heavy (non-hydrogen) atoms. The Labute approximate surface area is 133 Å². The number of aryl methyl sites for hydroxylation is 2. The van der Waals surface area contributed by atoms with Gasteiger partial charge in [-0.1, -0.05) is 0 Å². The summed E-state index contributed by atoms with van der Waals surface area (Å²) < 4.78 is 1.82. The Morgan fingerprint density at radius 2 is 2.41 bits per heavy atom. The molecule has 0 radical (unpaired) electrons. The largest absolute Gasteiger partial charge is 0.395 e. The monoisotopic (exact) mass is 320 g/mol. The van der Waals surface area contributed by atoms with Gasteiger partial charge in [0.2, 0.25) is 5.91 Å². The van der Waals surface area contributed by atoms with Crippen LogP contribution in [0.15, 0.2) is 18.5 Å². The number of amides is 1. The fraction of sp³-hybridized carbons (Fsp3) is 0.533. The summed E-state index contributed by atoms with van der Waals surface area (Å²) in [5.74, 6) is 0.967. The van der Waals surface area contributed by atoms with E-state index in [0.717, 1.165) is 23.5 Å². The van der Waals surface area contributed by atoms with Crippen LogP contribution in [0.5, 0.6) is 0 Å². The Hall–Kier alpha value is -1.73. The fourth-order valence-corrected chi connectivity index (χ4v) is 3.75. The Bertz CT molecular complexity index is 652.